The summed E-state index contributed by atoms with van der Waals surface area (Å²) in [4.78, 5) is 20.6. The van der Waals surface area contributed by atoms with Crippen LogP contribution in [-0.4, -0.2) is 48.6 Å². The highest BCUT2D eigenvalue weighted by Gasteiger charge is 2.21. The summed E-state index contributed by atoms with van der Waals surface area (Å²) in [6, 6.07) is 6.46. The summed E-state index contributed by atoms with van der Waals surface area (Å²) in [5.41, 5.74) is 2.02. The zero-order valence-corrected chi connectivity index (χ0v) is 14.5. The minimum atomic E-state index is -0.230. The number of carbonyl (C=O) groups is 1. The Morgan fingerprint density at radius 3 is 2.58 bits per heavy atom. The maximum Gasteiger partial charge on any atom is 0.317 e. The number of aromatic nitrogens is 1. The fraction of sp³-hybridized carbons (Fsp3) is 0.412. The summed E-state index contributed by atoms with van der Waals surface area (Å²) in [5.74, 6) is -0.230. The van der Waals surface area contributed by atoms with E-state index in [0.29, 0.717) is 19.6 Å². The molecule has 0 radical (unpaired) electrons. The SMILES string of the molecule is Cc1nc(CCNC(=O)N2CCN(c3ccc(F)cc3)CC2)cs1. The van der Waals surface area contributed by atoms with Gasteiger partial charge in [-0.2, -0.15) is 0 Å². The summed E-state index contributed by atoms with van der Waals surface area (Å²) in [6.45, 7) is 5.42. The Hall–Kier alpha value is -2.15. The van der Waals surface area contributed by atoms with Gasteiger partial charge in [0, 0.05) is 50.2 Å². The van der Waals surface area contributed by atoms with Crippen molar-refractivity contribution in [2.45, 2.75) is 13.3 Å². The number of nitrogens with one attached hydrogen (secondary N) is 1. The van der Waals surface area contributed by atoms with Gasteiger partial charge in [0.2, 0.25) is 0 Å². The lowest BCUT2D eigenvalue weighted by Gasteiger charge is -2.36. The summed E-state index contributed by atoms with van der Waals surface area (Å²) >= 11 is 1.63. The van der Waals surface area contributed by atoms with E-state index in [1.54, 1.807) is 23.5 Å². The van der Waals surface area contributed by atoms with Gasteiger partial charge in [-0.15, -0.1) is 11.3 Å². The van der Waals surface area contributed by atoms with Crippen LogP contribution in [0.2, 0.25) is 0 Å². The third-order valence-electron chi connectivity index (χ3n) is 4.08. The van der Waals surface area contributed by atoms with Crippen molar-refractivity contribution >= 4 is 23.1 Å². The van der Waals surface area contributed by atoms with E-state index in [9.17, 15) is 9.18 Å². The number of thiazole rings is 1. The second-order valence-electron chi connectivity index (χ2n) is 5.79. The highest BCUT2D eigenvalue weighted by molar-refractivity contribution is 7.09. The minimum Gasteiger partial charge on any atom is -0.368 e. The number of halogens is 1. The Labute approximate surface area is 145 Å². The van der Waals surface area contributed by atoms with Gasteiger partial charge in [-0.05, 0) is 31.2 Å². The van der Waals surface area contributed by atoms with E-state index in [1.165, 1.54) is 12.1 Å². The molecule has 128 valence electrons. The van der Waals surface area contributed by atoms with Crippen LogP contribution in [0, 0.1) is 12.7 Å². The molecule has 0 atom stereocenters. The fourth-order valence-electron chi connectivity index (χ4n) is 2.75. The largest absolute Gasteiger partial charge is 0.368 e. The number of amides is 2. The molecule has 0 aliphatic carbocycles. The molecule has 1 fully saturated rings. The normalized spacial score (nSPS) is 14.8. The van der Waals surface area contributed by atoms with Crippen LogP contribution in [0.3, 0.4) is 0 Å². The summed E-state index contributed by atoms with van der Waals surface area (Å²) in [6.07, 6.45) is 0.756. The lowest BCUT2D eigenvalue weighted by Crippen LogP contribution is -2.52. The zero-order valence-electron chi connectivity index (χ0n) is 13.7. The molecule has 24 heavy (non-hydrogen) atoms. The first kappa shape index (κ1) is 16.7. The molecule has 3 rings (SSSR count). The van der Waals surface area contributed by atoms with Gasteiger partial charge in [-0.25, -0.2) is 14.2 Å². The molecule has 1 saturated heterocycles. The smallest absolute Gasteiger partial charge is 0.317 e. The van der Waals surface area contributed by atoms with Crippen molar-refractivity contribution in [3.05, 3.63) is 46.2 Å². The topological polar surface area (TPSA) is 48.5 Å². The Morgan fingerprint density at radius 1 is 1.25 bits per heavy atom. The molecule has 1 aromatic carbocycles. The van der Waals surface area contributed by atoms with Crippen molar-refractivity contribution in [2.75, 3.05) is 37.6 Å². The molecule has 5 nitrogen and oxygen atoms in total. The molecule has 2 amide bonds. The molecule has 0 spiro atoms. The van der Waals surface area contributed by atoms with Crippen LogP contribution in [0.25, 0.3) is 0 Å². The minimum absolute atomic E-state index is 0.0271. The molecule has 2 heterocycles. The molecule has 7 heteroatoms. The van der Waals surface area contributed by atoms with Crippen molar-refractivity contribution in [1.82, 2.24) is 15.2 Å². The number of carbonyl (C=O) groups excluding carboxylic acids is 1. The summed E-state index contributed by atoms with van der Waals surface area (Å²) in [5, 5.41) is 6.04. The number of rotatable bonds is 4. The number of aryl methyl sites for hydroxylation is 1. The van der Waals surface area contributed by atoms with E-state index in [0.717, 1.165) is 35.9 Å². The van der Waals surface area contributed by atoms with Gasteiger partial charge < -0.3 is 15.1 Å². The standard InChI is InChI=1S/C17H21FN4OS/c1-13-20-15(12-24-13)6-7-19-17(23)22-10-8-21(9-11-22)16-4-2-14(18)3-5-16/h2-5,12H,6-11H2,1H3,(H,19,23). The maximum atomic E-state index is 13.0. The number of benzene rings is 1. The first-order chi connectivity index (χ1) is 11.6. The Bertz CT molecular complexity index is 680. The second kappa shape index (κ2) is 7.61. The van der Waals surface area contributed by atoms with E-state index in [4.69, 9.17) is 0 Å². The van der Waals surface area contributed by atoms with E-state index in [2.05, 4.69) is 15.2 Å². The van der Waals surface area contributed by atoms with E-state index >= 15 is 0 Å². The van der Waals surface area contributed by atoms with E-state index < -0.39 is 0 Å². The molecule has 1 aliphatic heterocycles. The Balaban J connectivity index is 1.42. The van der Waals surface area contributed by atoms with E-state index in [1.807, 2.05) is 17.2 Å². The third kappa shape index (κ3) is 4.23. The van der Waals surface area contributed by atoms with Gasteiger partial charge in [-0.3, -0.25) is 0 Å². The molecule has 0 bridgehead atoms. The fourth-order valence-corrected chi connectivity index (χ4v) is 3.40. The average Bonchev–Trinajstić information content (AvgIpc) is 3.01. The van der Waals surface area contributed by atoms with Gasteiger partial charge in [0.15, 0.2) is 0 Å². The third-order valence-corrected chi connectivity index (χ3v) is 4.90. The molecule has 1 N–H and O–H groups in total. The quantitative estimate of drug-likeness (QED) is 0.924. The van der Waals surface area contributed by atoms with Gasteiger partial charge in [0.1, 0.15) is 5.82 Å². The van der Waals surface area contributed by atoms with Crippen LogP contribution < -0.4 is 10.2 Å². The van der Waals surface area contributed by atoms with Crippen LogP contribution in [0.4, 0.5) is 14.9 Å². The predicted molar refractivity (Wildman–Crippen MR) is 94.1 cm³/mol. The first-order valence-electron chi connectivity index (χ1n) is 8.06. The van der Waals surface area contributed by atoms with Crippen molar-refractivity contribution in [2.24, 2.45) is 0 Å². The highest BCUT2D eigenvalue weighted by atomic mass is 32.1. The van der Waals surface area contributed by atoms with Crippen molar-refractivity contribution in [3.8, 4) is 0 Å². The van der Waals surface area contributed by atoms with Crippen molar-refractivity contribution in [3.63, 3.8) is 0 Å². The van der Waals surface area contributed by atoms with Gasteiger partial charge in [0.05, 0.1) is 10.7 Å². The second-order valence-corrected chi connectivity index (χ2v) is 6.85. The molecule has 1 aliphatic rings. The summed E-state index contributed by atoms with van der Waals surface area (Å²) in [7, 11) is 0. The number of hydrogen-bond acceptors (Lipinski definition) is 4. The molecule has 0 unspecified atom stereocenters. The van der Waals surface area contributed by atoms with Crippen molar-refractivity contribution < 1.29 is 9.18 Å². The molecular formula is C17H21FN4OS. The Kier molecular flexibility index (Phi) is 5.30. The zero-order chi connectivity index (χ0) is 16.9. The van der Waals surface area contributed by atoms with Crippen LogP contribution >= 0.6 is 11.3 Å². The monoisotopic (exact) mass is 348 g/mol. The predicted octanol–water partition coefficient (Wildman–Crippen LogP) is 2.66. The van der Waals surface area contributed by atoms with Crippen molar-refractivity contribution in [1.29, 1.82) is 0 Å². The van der Waals surface area contributed by atoms with E-state index in [-0.39, 0.29) is 11.8 Å². The van der Waals surface area contributed by atoms with Crippen LogP contribution in [0.1, 0.15) is 10.7 Å². The maximum absolute atomic E-state index is 13.0. The number of urea groups is 1. The Morgan fingerprint density at radius 2 is 1.96 bits per heavy atom. The molecular weight excluding hydrogens is 327 g/mol. The highest BCUT2D eigenvalue weighted by Crippen LogP contribution is 2.17. The number of nitrogens with zero attached hydrogens (tertiary/aromatic N) is 3. The molecule has 2 aromatic rings. The van der Waals surface area contributed by atoms with Crippen LogP contribution in [0.15, 0.2) is 29.6 Å². The molecule has 0 saturated carbocycles. The molecule has 1 aromatic heterocycles. The lowest BCUT2D eigenvalue weighted by molar-refractivity contribution is 0.194. The average molecular weight is 348 g/mol. The number of piperazine rings is 1. The number of hydrogen-bond donors (Lipinski definition) is 1. The van der Waals surface area contributed by atoms with Crippen LogP contribution in [-0.2, 0) is 6.42 Å². The summed E-state index contributed by atoms with van der Waals surface area (Å²) < 4.78 is 13.0. The lowest BCUT2D eigenvalue weighted by atomic mass is 10.2. The van der Waals surface area contributed by atoms with Gasteiger partial charge >= 0.3 is 6.03 Å². The van der Waals surface area contributed by atoms with Gasteiger partial charge in [-0.1, -0.05) is 0 Å². The first-order valence-corrected chi connectivity index (χ1v) is 8.94. The van der Waals surface area contributed by atoms with Crippen LogP contribution in [0.5, 0.6) is 0 Å². The van der Waals surface area contributed by atoms with Gasteiger partial charge in [0.25, 0.3) is 0 Å². The number of anilines is 1.